The maximum Gasteiger partial charge on any atom is 0.254 e. The normalized spacial score (nSPS) is 17.2. The molecule has 1 aromatic heterocycles. The monoisotopic (exact) mass is 451 g/mol. The Morgan fingerprint density at radius 3 is 2.82 bits per heavy atom. The maximum absolute atomic E-state index is 14.3. The van der Waals surface area contributed by atoms with E-state index in [0.717, 1.165) is 31.3 Å². The Morgan fingerprint density at radius 1 is 1.18 bits per heavy atom. The fraction of sp³-hybridized carbons (Fsp3) is 0.375. The number of rotatable bonds is 5. The molecule has 2 aromatic carbocycles. The molecule has 8 nitrogen and oxygen atoms in total. The summed E-state index contributed by atoms with van der Waals surface area (Å²) < 4.78 is 25.9. The largest absolute Gasteiger partial charge is 0.488 e. The lowest BCUT2D eigenvalue weighted by Crippen LogP contribution is -2.40. The van der Waals surface area contributed by atoms with E-state index in [1.807, 2.05) is 18.2 Å². The molecule has 2 N–H and O–H groups in total. The van der Waals surface area contributed by atoms with Gasteiger partial charge in [-0.05, 0) is 50.2 Å². The summed E-state index contributed by atoms with van der Waals surface area (Å²) in [6.07, 6.45) is 3.73. The van der Waals surface area contributed by atoms with Gasteiger partial charge in [0.25, 0.3) is 5.91 Å². The molecule has 2 aliphatic heterocycles. The molecule has 0 aliphatic carbocycles. The Balaban J connectivity index is 1.39. The quantitative estimate of drug-likeness (QED) is 0.616. The smallest absolute Gasteiger partial charge is 0.254 e. The van der Waals surface area contributed by atoms with Crippen LogP contribution in [-0.4, -0.2) is 66.3 Å². The van der Waals surface area contributed by atoms with Crippen molar-refractivity contribution in [2.75, 3.05) is 44.7 Å². The predicted molar refractivity (Wildman–Crippen MR) is 122 cm³/mol. The van der Waals surface area contributed by atoms with Crippen LogP contribution in [0.5, 0.6) is 5.75 Å². The summed E-state index contributed by atoms with van der Waals surface area (Å²) in [4.78, 5) is 23.4. The van der Waals surface area contributed by atoms with Gasteiger partial charge in [0.15, 0.2) is 0 Å². The number of piperidine rings is 1. The Kier molecular flexibility index (Phi) is 6.32. The molecule has 0 unspecified atom stereocenters. The summed E-state index contributed by atoms with van der Waals surface area (Å²) in [5.74, 6) is 0.275. The number of para-hydroxylation sites is 1. The van der Waals surface area contributed by atoms with Gasteiger partial charge in [0, 0.05) is 35.9 Å². The van der Waals surface area contributed by atoms with Crippen molar-refractivity contribution >= 4 is 28.4 Å². The van der Waals surface area contributed by atoms with Gasteiger partial charge >= 0.3 is 0 Å². The van der Waals surface area contributed by atoms with E-state index in [-0.39, 0.29) is 17.6 Å². The first-order valence-electron chi connectivity index (χ1n) is 11.2. The number of halogens is 1. The second-order valence-electron chi connectivity index (χ2n) is 8.21. The van der Waals surface area contributed by atoms with Crippen LogP contribution in [0.1, 0.15) is 23.2 Å². The summed E-state index contributed by atoms with van der Waals surface area (Å²) in [5.41, 5.74) is 1.37. The topological polar surface area (TPSA) is 88.6 Å². The van der Waals surface area contributed by atoms with Gasteiger partial charge in [0.1, 0.15) is 23.2 Å². The first-order valence-corrected chi connectivity index (χ1v) is 11.2. The third-order valence-electron chi connectivity index (χ3n) is 5.85. The summed E-state index contributed by atoms with van der Waals surface area (Å²) in [7, 11) is 0. The summed E-state index contributed by atoms with van der Waals surface area (Å²) >= 11 is 0. The van der Waals surface area contributed by atoms with E-state index in [4.69, 9.17) is 9.47 Å². The molecule has 0 radical (unpaired) electrons. The third kappa shape index (κ3) is 5.04. The highest BCUT2D eigenvalue weighted by Crippen LogP contribution is 2.27. The minimum absolute atomic E-state index is 0.139. The van der Waals surface area contributed by atoms with Gasteiger partial charge in [0.05, 0.1) is 13.2 Å². The van der Waals surface area contributed by atoms with Crippen LogP contribution in [0.4, 0.5) is 16.0 Å². The Labute approximate surface area is 191 Å². The number of carbonyl (C=O) groups is 1. The lowest BCUT2D eigenvalue weighted by molar-refractivity contribution is 0.0302. The zero-order valence-corrected chi connectivity index (χ0v) is 18.2. The Hall–Kier alpha value is -3.30. The SMILES string of the molecule is O=C(c1cc(F)cc(Nc2ncc3cccc(OC4CCNCC4)c3n2)c1)N1CCOCC1. The van der Waals surface area contributed by atoms with Crippen molar-refractivity contribution in [3.8, 4) is 5.75 Å². The lowest BCUT2D eigenvalue weighted by atomic mass is 10.1. The number of nitrogens with zero attached hydrogens (tertiary/aromatic N) is 3. The van der Waals surface area contributed by atoms with Crippen molar-refractivity contribution in [1.29, 1.82) is 0 Å². The molecule has 3 heterocycles. The fourth-order valence-corrected chi connectivity index (χ4v) is 4.14. The van der Waals surface area contributed by atoms with Crippen molar-refractivity contribution in [2.24, 2.45) is 0 Å². The van der Waals surface area contributed by atoms with Crippen LogP contribution in [0.3, 0.4) is 0 Å². The summed E-state index contributed by atoms with van der Waals surface area (Å²) in [6.45, 7) is 3.82. The molecule has 0 atom stereocenters. The minimum atomic E-state index is -0.507. The van der Waals surface area contributed by atoms with Crippen molar-refractivity contribution < 1.29 is 18.7 Å². The average Bonchev–Trinajstić information content (AvgIpc) is 2.85. The summed E-state index contributed by atoms with van der Waals surface area (Å²) in [6, 6.07) is 9.94. The molecule has 2 saturated heterocycles. The Morgan fingerprint density at radius 2 is 2.00 bits per heavy atom. The van der Waals surface area contributed by atoms with E-state index in [0.29, 0.717) is 49.2 Å². The molecule has 1 amide bonds. The molecule has 2 fully saturated rings. The Bertz CT molecular complexity index is 1150. The number of nitrogens with one attached hydrogen (secondary N) is 2. The number of hydrogen-bond acceptors (Lipinski definition) is 7. The molecule has 9 heteroatoms. The van der Waals surface area contributed by atoms with Gasteiger partial charge in [-0.2, -0.15) is 0 Å². The molecule has 5 rings (SSSR count). The third-order valence-corrected chi connectivity index (χ3v) is 5.85. The lowest BCUT2D eigenvalue weighted by Gasteiger charge is -2.27. The van der Waals surface area contributed by atoms with Crippen molar-refractivity contribution in [3.63, 3.8) is 0 Å². The van der Waals surface area contributed by atoms with Crippen molar-refractivity contribution in [3.05, 3.63) is 54.0 Å². The fourth-order valence-electron chi connectivity index (χ4n) is 4.14. The van der Waals surface area contributed by atoms with E-state index in [9.17, 15) is 9.18 Å². The molecular formula is C24H26FN5O3. The number of aromatic nitrogens is 2. The van der Waals surface area contributed by atoms with Crippen molar-refractivity contribution in [1.82, 2.24) is 20.2 Å². The van der Waals surface area contributed by atoms with Gasteiger partial charge < -0.3 is 25.0 Å². The highest BCUT2D eigenvalue weighted by atomic mass is 19.1. The maximum atomic E-state index is 14.3. The van der Waals surface area contributed by atoms with Crippen LogP contribution in [0, 0.1) is 5.82 Å². The van der Waals surface area contributed by atoms with E-state index < -0.39 is 5.82 Å². The standard InChI is InChI=1S/C24H26FN5O3/c25-18-12-17(23(31)30-8-10-32-11-9-30)13-19(14-18)28-24-27-15-16-2-1-3-21(22(16)29-24)33-20-4-6-26-7-5-20/h1-3,12-15,20,26H,4-11H2,(H,27,28,29). The van der Waals surface area contributed by atoms with Gasteiger partial charge in [0.2, 0.25) is 5.95 Å². The van der Waals surface area contributed by atoms with Gasteiger partial charge in [-0.3, -0.25) is 4.79 Å². The second kappa shape index (κ2) is 9.68. The number of amides is 1. The van der Waals surface area contributed by atoms with Gasteiger partial charge in [-0.1, -0.05) is 12.1 Å². The highest BCUT2D eigenvalue weighted by molar-refractivity contribution is 5.95. The number of anilines is 2. The number of hydrogen-bond donors (Lipinski definition) is 2. The van der Waals surface area contributed by atoms with Crippen molar-refractivity contribution in [2.45, 2.75) is 18.9 Å². The van der Waals surface area contributed by atoms with Crippen LogP contribution < -0.4 is 15.4 Å². The second-order valence-corrected chi connectivity index (χ2v) is 8.21. The van der Waals surface area contributed by atoms with Gasteiger partial charge in [-0.15, -0.1) is 0 Å². The van der Waals surface area contributed by atoms with Gasteiger partial charge in [-0.25, -0.2) is 14.4 Å². The molecule has 0 spiro atoms. The van der Waals surface area contributed by atoms with Crippen LogP contribution in [-0.2, 0) is 4.74 Å². The molecule has 0 bridgehead atoms. The first-order chi connectivity index (χ1) is 16.2. The molecule has 172 valence electrons. The number of morpholine rings is 1. The predicted octanol–water partition coefficient (Wildman–Crippen LogP) is 3.12. The van der Waals surface area contributed by atoms with Crippen LogP contribution in [0.2, 0.25) is 0 Å². The van der Waals surface area contributed by atoms with E-state index >= 15 is 0 Å². The minimum Gasteiger partial charge on any atom is -0.488 e. The van der Waals surface area contributed by atoms with Crippen LogP contribution >= 0.6 is 0 Å². The highest BCUT2D eigenvalue weighted by Gasteiger charge is 2.20. The van der Waals surface area contributed by atoms with E-state index in [1.54, 1.807) is 17.2 Å². The number of carbonyl (C=O) groups excluding carboxylic acids is 1. The molecule has 2 aliphatic rings. The number of ether oxygens (including phenoxy) is 2. The summed E-state index contributed by atoms with van der Waals surface area (Å²) in [5, 5.41) is 7.23. The molecule has 0 saturated carbocycles. The first kappa shape index (κ1) is 21.5. The van der Waals surface area contributed by atoms with E-state index in [1.165, 1.54) is 12.1 Å². The van der Waals surface area contributed by atoms with Crippen LogP contribution in [0.25, 0.3) is 10.9 Å². The zero-order valence-electron chi connectivity index (χ0n) is 18.2. The molecule has 33 heavy (non-hydrogen) atoms. The number of fused-ring (bicyclic) bond motifs is 1. The van der Waals surface area contributed by atoms with E-state index in [2.05, 4.69) is 20.6 Å². The average molecular weight is 452 g/mol. The molecular weight excluding hydrogens is 425 g/mol. The molecule has 3 aromatic rings. The van der Waals surface area contributed by atoms with Crippen LogP contribution in [0.15, 0.2) is 42.6 Å². The number of benzene rings is 2. The zero-order chi connectivity index (χ0) is 22.6.